The number of methoxy groups -OCH3 is 1. The molecule has 2 unspecified atom stereocenters. The van der Waals surface area contributed by atoms with Crippen LogP contribution in [0.15, 0.2) is 23.1 Å². The van der Waals surface area contributed by atoms with Crippen LogP contribution in [0, 0.1) is 5.92 Å². The highest BCUT2D eigenvalue weighted by Gasteiger charge is 2.13. The Kier molecular flexibility index (Phi) is 6.69. The molecular weight excluding hydrogens is 258 g/mol. The van der Waals surface area contributed by atoms with Gasteiger partial charge in [-0.05, 0) is 36.8 Å². The largest absolute Gasteiger partial charge is 0.496 e. The molecule has 0 aliphatic rings. The SMILES string of the molecule is COc1cc(C(C)NCC(O)C(C)C)ccc1SC. The molecule has 0 aromatic heterocycles. The zero-order chi connectivity index (χ0) is 14.4. The Bertz CT molecular complexity index is 396. The van der Waals surface area contributed by atoms with Gasteiger partial charge in [-0.15, -0.1) is 11.8 Å². The van der Waals surface area contributed by atoms with Crippen LogP contribution in [0.25, 0.3) is 0 Å². The van der Waals surface area contributed by atoms with Crippen LogP contribution < -0.4 is 10.1 Å². The van der Waals surface area contributed by atoms with Crippen molar-refractivity contribution in [3.8, 4) is 5.75 Å². The fraction of sp³-hybridized carbons (Fsp3) is 0.600. The van der Waals surface area contributed by atoms with E-state index in [2.05, 4.69) is 30.4 Å². The number of hydrogen-bond acceptors (Lipinski definition) is 4. The van der Waals surface area contributed by atoms with Crippen LogP contribution in [0.5, 0.6) is 5.75 Å². The summed E-state index contributed by atoms with van der Waals surface area (Å²) in [5.74, 6) is 1.18. The molecule has 0 aliphatic carbocycles. The minimum Gasteiger partial charge on any atom is -0.496 e. The lowest BCUT2D eigenvalue weighted by atomic mass is 10.1. The van der Waals surface area contributed by atoms with E-state index in [1.54, 1.807) is 18.9 Å². The molecule has 0 heterocycles. The van der Waals surface area contributed by atoms with Crippen molar-refractivity contribution in [3.63, 3.8) is 0 Å². The predicted octanol–water partition coefficient (Wildman–Crippen LogP) is 3.08. The number of aliphatic hydroxyl groups excluding tert-OH is 1. The van der Waals surface area contributed by atoms with Gasteiger partial charge in [-0.3, -0.25) is 0 Å². The molecule has 1 aromatic carbocycles. The molecule has 0 aliphatic heterocycles. The molecule has 0 bridgehead atoms. The van der Waals surface area contributed by atoms with Crippen molar-refractivity contribution in [3.05, 3.63) is 23.8 Å². The summed E-state index contributed by atoms with van der Waals surface area (Å²) in [4.78, 5) is 1.14. The van der Waals surface area contributed by atoms with Gasteiger partial charge in [-0.2, -0.15) is 0 Å². The summed E-state index contributed by atoms with van der Waals surface area (Å²) >= 11 is 1.68. The van der Waals surface area contributed by atoms with Crippen LogP contribution in [0.3, 0.4) is 0 Å². The first kappa shape index (κ1) is 16.3. The third-order valence-corrected chi connectivity index (χ3v) is 4.09. The van der Waals surface area contributed by atoms with Gasteiger partial charge >= 0.3 is 0 Å². The van der Waals surface area contributed by atoms with Gasteiger partial charge in [0.25, 0.3) is 0 Å². The molecule has 1 aromatic rings. The van der Waals surface area contributed by atoms with E-state index in [0.717, 1.165) is 10.6 Å². The first-order chi connectivity index (χ1) is 8.99. The molecule has 108 valence electrons. The summed E-state index contributed by atoms with van der Waals surface area (Å²) in [7, 11) is 1.69. The Morgan fingerprint density at radius 1 is 1.32 bits per heavy atom. The van der Waals surface area contributed by atoms with Crippen molar-refractivity contribution in [2.45, 2.75) is 37.8 Å². The topological polar surface area (TPSA) is 41.5 Å². The fourth-order valence-electron chi connectivity index (χ4n) is 1.77. The maximum absolute atomic E-state index is 9.81. The Balaban J connectivity index is 2.69. The average Bonchev–Trinajstić information content (AvgIpc) is 2.43. The van der Waals surface area contributed by atoms with Gasteiger partial charge < -0.3 is 15.2 Å². The lowest BCUT2D eigenvalue weighted by Crippen LogP contribution is -2.32. The first-order valence-electron chi connectivity index (χ1n) is 6.63. The van der Waals surface area contributed by atoms with Gasteiger partial charge in [0.2, 0.25) is 0 Å². The lowest BCUT2D eigenvalue weighted by Gasteiger charge is -2.20. The number of benzene rings is 1. The molecule has 2 N–H and O–H groups in total. The van der Waals surface area contributed by atoms with Gasteiger partial charge in [-0.1, -0.05) is 19.9 Å². The monoisotopic (exact) mass is 283 g/mol. The van der Waals surface area contributed by atoms with E-state index < -0.39 is 0 Å². The Labute approximate surface area is 120 Å². The van der Waals surface area contributed by atoms with Crippen LogP contribution in [-0.2, 0) is 0 Å². The number of thioether (sulfide) groups is 1. The first-order valence-corrected chi connectivity index (χ1v) is 7.85. The molecule has 2 atom stereocenters. The molecule has 0 saturated carbocycles. The summed E-state index contributed by atoms with van der Waals surface area (Å²) in [6.07, 6.45) is 1.73. The molecule has 0 fully saturated rings. The zero-order valence-electron chi connectivity index (χ0n) is 12.4. The predicted molar refractivity (Wildman–Crippen MR) is 82.0 cm³/mol. The van der Waals surface area contributed by atoms with E-state index in [9.17, 15) is 5.11 Å². The van der Waals surface area contributed by atoms with Crippen LogP contribution in [-0.4, -0.2) is 31.1 Å². The van der Waals surface area contributed by atoms with Gasteiger partial charge in [0.15, 0.2) is 0 Å². The molecular formula is C15H25NO2S. The number of hydrogen-bond donors (Lipinski definition) is 2. The van der Waals surface area contributed by atoms with E-state index in [1.165, 1.54) is 5.56 Å². The van der Waals surface area contributed by atoms with Crippen molar-refractivity contribution in [1.82, 2.24) is 5.32 Å². The number of rotatable bonds is 7. The molecule has 1 rings (SSSR count). The van der Waals surface area contributed by atoms with E-state index in [0.29, 0.717) is 6.54 Å². The average molecular weight is 283 g/mol. The lowest BCUT2D eigenvalue weighted by molar-refractivity contribution is 0.120. The number of ether oxygens (including phenoxy) is 1. The van der Waals surface area contributed by atoms with Gasteiger partial charge in [0.05, 0.1) is 13.2 Å². The highest BCUT2D eigenvalue weighted by atomic mass is 32.2. The molecule has 3 nitrogen and oxygen atoms in total. The van der Waals surface area contributed by atoms with Crippen LogP contribution in [0.4, 0.5) is 0 Å². The second-order valence-electron chi connectivity index (χ2n) is 5.06. The highest BCUT2D eigenvalue weighted by Crippen LogP contribution is 2.30. The Morgan fingerprint density at radius 2 is 2.00 bits per heavy atom. The van der Waals surface area contributed by atoms with Gasteiger partial charge in [0, 0.05) is 17.5 Å². The third-order valence-electron chi connectivity index (χ3n) is 3.31. The molecule has 0 radical (unpaired) electrons. The molecule has 0 spiro atoms. The smallest absolute Gasteiger partial charge is 0.132 e. The molecule has 4 heteroatoms. The van der Waals surface area contributed by atoms with Crippen molar-refractivity contribution in [1.29, 1.82) is 0 Å². The zero-order valence-corrected chi connectivity index (χ0v) is 13.3. The Morgan fingerprint density at radius 3 is 2.53 bits per heavy atom. The summed E-state index contributed by atoms with van der Waals surface area (Å²) in [5, 5.41) is 13.2. The van der Waals surface area contributed by atoms with Crippen LogP contribution in [0.1, 0.15) is 32.4 Å². The maximum Gasteiger partial charge on any atom is 0.132 e. The van der Waals surface area contributed by atoms with Crippen molar-refractivity contribution in [2.75, 3.05) is 19.9 Å². The van der Waals surface area contributed by atoms with E-state index in [4.69, 9.17) is 4.74 Å². The van der Waals surface area contributed by atoms with Crippen LogP contribution >= 0.6 is 11.8 Å². The summed E-state index contributed by atoms with van der Waals surface area (Å²) in [6, 6.07) is 6.44. The summed E-state index contributed by atoms with van der Waals surface area (Å²) in [6.45, 7) is 6.74. The van der Waals surface area contributed by atoms with E-state index in [-0.39, 0.29) is 18.1 Å². The fourth-order valence-corrected chi connectivity index (χ4v) is 2.32. The highest BCUT2D eigenvalue weighted by molar-refractivity contribution is 7.98. The molecule has 0 amide bonds. The van der Waals surface area contributed by atoms with Crippen molar-refractivity contribution < 1.29 is 9.84 Å². The van der Waals surface area contributed by atoms with Gasteiger partial charge in [0.1, 0.15) is 5.75 Å². The molecule has 19 heavy (non-hydrogen) atoms. The van der Waals surface area contributed by atoms with Gasteiger partial charge in [-0.25, -0.2) is 0 Å². The standard InChI is InChI=1S/C15H25NO2S/c1-10(2)13(17)9-16-11(3)12-6-7-15(19-5)14(8-12)18-4/h6-8,10-11,13,16-17H,9H2,1-5H3. The number of nitrogens with one attached hydrogen (secondary N) is 1. The minimum atomic E-state index is -0.310. The van der Waals surface area contributed by atoms with Crippen molar-refractivity contribution >= 4 is 11.8 Å². The van der Waals surface area contributed by atoms with Crippen molar-refractivity contribution in [2.24, 2.45) is 5.92 Å². The number of aliphatic hydroxyl groups is 1. The second-order valence-corrected chi connectivity index (χ2v) is 5.90. The summed E-state index contributed by atoms with van der Waals surface area (Å²) in [5.41, 5.74) is 1.17. The minimum absolute atomic E-state index is 0.193. The normalized spacial score (nSPS) is 14.5. The second kappa shape index (κ2) is 7.78. The quantitative estimate of drug-likeness (QED) is 0.755. The van der Waals surface area contributed by atoms with E-state index >= 15 is 0 Å². The third kappa shape index (κ3) is 4.71. The maximum atomic E-state index is 9.81. The molecule has 0 saturated heterocycles. The van der Waals surface area contributed by atoms with Crippen LogP contribution in [0.2, 0.25) is 0 Å². The van der Waals surface area contributed by atoms with E-state index in [1.807, 2.05) is 20.1 Å². The Hall–Kier alpha value is -0.710. The summed E-state index contributed by atoms with van der Waals surface area (Å²) < 4.78 is 5.39.